The van der Waals surface area contributed by atoms with E-state index in [1.54, 1.807) is 19.0 Å². The highest BCUT2D eigenvalue weighted by molar-refractivity contribution is 5.78. The van der Waals surface area contributed by atoms with Gasteiger partial charge in [-0.15, -0.1) is 0 Å². The maximum absolute atomic E-state index is 12.4. The van der Waals surface area contributed by atoms with Crippen LogP contribution >= 0.6 is 0 Å². The molecule has 132 valence electrons. The summed E-state index contributed by atoms with van der Waals surface area (Å²) >= 11 is 0. The summed E-state index contributed by atoms with van der Waals surface area (Å²) < 4.78 is 0. The number of amides is 2. The first-order chi connectivity index (χ1) is 11.0. The molecule has 1 atom stereocenters. The lowest BCUT2D eigenvalue weighted by Gasteiger charge is -2.29. The molecule has 0 aliphatic carbocycles. The minimum atomic E-state index is 0.153. The average Bonchev–Trinajstić information content (AvgIpc) is 2.95. The molecule has 6 heteroatoms. The van der Waals surface area contributed by atoms with Crippen LogP contribution in [0.4, 0.5) is 0 Å². The van der Waals surface area contributed by atoms with Crippen LogP contribution in [0.1, 0.15) is 25.7 Å². The van der Waals surface area contributed by atoms with Crippen LogP contribution in [0.5, 0.6) is 0 Å². The summed E-state index contributed by atoms with van der Waals surface area (Å²) in [5, 5.41) is 0. The molecular weight excluding hydrogens is 292 g/mol. The molecule has 0 N–H and O–H groups in total. The highest BCUT2D eigenvalue weighted by atomic mass is 16.2. The smallest absolute Gasteiger partial charge is 0.236 e. The van der Waals surface area contributed by atoms with E-state index in [0.717, 1.165) is 39.1 Å². The number of carbonyl (C=O) groups is 2. The van der Waals surface area contributed by atoms with Gasteiger partial charge in [-0.3, -0.25) is 19.4 Å². The SMILES string of the molecule is CN(C)C(=O)CN1CCC(CN(C)C(=O)CN2CCCCC2)C1. The Labute approximate surface area is 140 Å². The summed E-state index contributed by atoms with van der Waals surface area (Å²) in [6, 6.07) is 0. The van der Waals surface area contributed by atoms with Crippen LogP contribution < -0.4 is 0 Å². The molecule has 1 unspecified atom stereocenters. The van der Waals surface area contributed by atoms with Crippen molar-refractivity contribution < 1.29 is 9.59 Å². The maximum atomic E-state index is 12.4. The minimum Gasteiger partial charge on any atom is -0.348 e. The van der Waals surface area contributed by atoms with Crippen LogP contribution in [0.25, 0.3) is 0 Å². The van der Waals surface area contributed by atoms with Crippen molar-refractivity contribution in [2.75, 3.05) is 67.0 Å². The highest BCUT2D eigenvalue weighted by Gasteiger charge is 2.27. The molecule has 2 rings (SSSR count). The van der Waals surface area contributed by atoms with Crippen LogP contribution in [0.2, 0.25) is 0 Å². The second kappa shape index (κ2) is 8.64. The van der Waals surface area contributed by atoms with E-state index in [-0.39, 0.29) is 11.8 Å². The molecule has 2 fully saturated rings. The number of carbonyl (C=O) groups excluding carboxylic acids is 2. The van der Waals surface area contributed by atoms with E-state index in [2.05, 4.69) is 9.80 Å². The van der Waals surface area contributed by atoms with E-state index in [4.69, 9.17) is 0 Å². The van der Waals surface area contributed by atoms with E-state index in [0.29, 0.717) is 19.0 Å². The van der Waals surface area contributed by atoms with Gasteiger partial charge < -0.3 is 9.80 Å². The average molecular weight is 324 g/mol. The van der Waals surface area contributed by atoms with Crippen molar-refractivity contribution in [3.63, 3.8) is 0 Å². The first kappa shape index (κ1) is 18.2. The molecule has 6 nitrogen and oxygen atoms in total. The Morgan fingerprint density at radius 1 is 0.913 bits per heavy atom. The number of nitrogens with zero attached hydrogens (tertiary/aromatic N) is 4. The summed E-state index contributed by atoms with van der Waals surface area (Å²) in [7, 11) is 5.51. The Hall–Kier alpha value is -1.14. The van der Waals surface area contributed by atoms with Gasteiger partial charge in [0.05, 0.1) is 13.1 Å². The molecule has 0 bridgehead atoms. The van der Waals surface area contributed by atoms with Gasteiger partial charge in [-0.1, -0.05) is 6.42 Å². The molecule has 0 radical (unpaired) electrons. The van der Waals surface area contributed by atoms with Gasteiger partial charge in [-0.25, -0.2) is 0 Å². The summed E-state index contributed by atoms with van der Waals surface area (Å²) in [5.74, 6) is 0.871. The molecule has 0 spiro atoms. The standard InChI is InChI=1S/C17H32N4O2/c1-18(2)16(22)13-21-10-7-15(12-21)11-19(3)17(23)14-20-8-5-4-6-9-20/h15H,4-14H2,1-3H3. The Kier molecular flexibility index (Phi) is 6.84. The number of piperidine rings is 1. The van der Waals surface area contributed by atoms with Crippen LogP contribution in [-0.4, -0.2) is 98.4 Å². The fraction of sp³-hybridized carbons (Fsp3) is 0.882. The van der Waals surface area contributed by atoms with Crippen molar-refractivity contribution in [1.29, 1.82) is 0 Å². The van der Waals surface area contributed by atoms with Gasteiger partial charge in [-0.2, -0.15) is 0 Å². The monoisotopic (exact) mass is 324 g/mol. The largest absolute Gasteiger partial charge is 0.348 e. The van der Waals surface area contributed by atoms with Crippen LogP contribution in [-0.2, 0) is 9.59 Å². The fourth-order valence-corrected chi connectivity index (χ4v) is 3.46. The van der Waals surface area contributed by atoms with Gasteiger partial charge in [0.2, 0.25) is 11.8 Å². The maximum Gasteiger partial charge on any atom is 0.236 e. The van der Waals surface area contributed by atoms with Crippen molar-refractivity contribution >= 4 is 11.8 Å². The molecule has 2 heterocycles. The van der Waals surface area contributed by atoms with E-state index in [9.17, 15) is 9.59 Å². The normalized spacial score (nSPS) is 23.0. The summed E-state index contributed by atoms with van der Waals surface area (Å²) in [6.07, 6.45) is 4.80. The summed E-state index contributed by atoms with van der Waals surface area (Å²) in [5.41, 5.74) is 0. The highest BCUT2D eigenvalue weighted by Crippen LogP contribution is 2.17. The summed E-state index contributed by atoms with van der Waals surface area (Å²) in [6.45, 7) is 5.85. The topological polar surface area (TPSA) is 47.1 Å². The van der Waals surface area contributed by atoms with Crippen LogP contribution in [0.3, 0.4) is 0 Å². The third-order valence-electron chi connectivity index (χ3n) is 4.99. The summed E-state index contributed by atoms with van der Waals surface area (Å²) in [4.78, 5) is 32.1. The van der Waals surface area contributed by atoms with Crippen molar-refractivity contribution in [3.05, 3.63) is 0 Å². The van der Waals surface area contributed by atoms with Crippen LogP contribution in [0.15, 0.2) is 0 Å². The lowest BCUT2D eigenvalue weighted by molar-refractivity contribution is -0.132. The molecule has 2 aliphatic heterocycles. The van der Waals surface area contributed by atoms with Gasteiger partial charge >= 0.3 is 0 Å². The first-order valence-electron chi connectivity index (χ1n) is 8.84. The second-order valence-corrected chi connectivity index (χ2v) is 7.29. The van der Waals surface area contributed by atoms with E-state index < -0.39 is 0 Å². The molecular formula is C17H32N4O2. The predicted octanol–water partition coefficient (Wildman–Crippen LogP) is 0.341. The van der Waals surface area contributed by atoms with Gasteiger partial charge in [0.25, 0.3) is 0 Å². The zero-order valence-electron chi connectivity index (χ0n) is 15.0. The lowest BCUT2D eigenvalue weighted by atomic mass is 10.1. The van der Waals surface area contributed by atoms with Crippen molar-refractivity contribution in [2.24, 2.45) is 5.92 Å². The Bertz CT molecular complexity index is 407. The zero-order chi connectivity index (χ0) is 16.8. The number of rotatable bonds is 6. The number of hydrogen-bond donors (Lipinski definition) is 0. The Morgan fingerprint density at radius 2 is 1.57 bits per heavy atom. The molecule has 2 aliphatic rings. The Morgan fingerprint density at radius 3 is 2.22 bits per heavy atom. The second-order valence-electron chi connectivity index (χ2n) is 7.29. The number of likely N-dealkylation sites (N-methyl/N-ethyl adjacent to an activating group) is 2. The van der Waals surface area contributed by atoms with Gasteiger partial charge in [0.15, 0.2) is 0 Å². The van der Waals surface area contributed by atoms with Crippen molar-refractivity contribution in [2.45, 2.75) is 25.7 Å². The molecule has 0 saturated carbocycles. The van der Waals surface area contributed by atoms with E-state index in [1.165, 1.54) is 19.3 Å². The van der Waals surface area contributed by atoms with Crippen molar-refractivity contribution in [1.82, 2.24) is 19.6 Å². The molecule has 0 aromatic heterocycles. The third kappa shape index (κ3) is 5.77. The number of hydrogen-bond acceptors (Lipinski definition) is 4. The third-order valence-corrected chi connectivity index (χ3v) is 4.99. The fourth-order valence-electron chi connectivity index (χ4n) is 3.46. The van der Waals surface area contributed by atoms with E-state index >= 15 is 0 Å². The van der Waals surface area contributed by atoms with Gasteiger partial charge in [0, 0.05) is 34.2 Å². The number of likely N-dealkylation sites (tertiary alicyclic amines) is 2. The first-order valence-corrected chi connectivity index (χ1v) is 8.84. The lowest BCUT2D eigenvalue weighted by Crippen LogP contribution is -2.42. The van der Waals surface area contributed by atoms with Crippen molar-refractivity contribution in [3.8, 4) is 0 Å². The van der Waals surface area contributed by atoms with Gasteiger partial charge in [-0.05, 0) is 44.8 Å². The molecule has 0 aromatic rings. The van der Waals surface area contributed by atoms with E-state index in [1.807, 2.05) is 11.9 Å². The minimum absolute atomic E-state index is 0.153. The molecule has 2 saturated heterocycles. The molecule has 2 amide bonds. The van der Waals surface area contributed by atoms with Crippen LogP contribution in [0, 0.1) is 5.92 Å². The zero-order valence-corrected chi connectivity index (χ0v) is 15.0. The Balaban J connectivity index is 1.69. The molecule has 23 heavy (non-hydrogen) atoms. The van der Waals surface area contributed by atoms with Gasteiger partial charge in [0.1, 0.15) is 0 Å². The predicted molar refractivity (Wildman–Crippen MR) is 91.2 cm³/mol. The molecule has 0 aromatic carbocycles. The quantitative estimate of drug-likeness (QED) is 0.707.